The molecule has 2 heterocycles. The summed E-state index contributed by atoms with van der Waals surface area (Å²) in [4.78, 5) is 13.8. The van der Waals surface area contributed by atoms with Gasteiger partial charge in [-0.2, -0.15) is 5.10 Å². The van der Waals surface area contributed by atoms with Crippen LogP contribution < -0.4 is 0 Å². The maximum atomic E-state index is 13.5. The highest BCUT2D eigenvalue weighted by Gasteiger charge is 2.17. The van der Waals surface area contributed by atoms with Crippen LogP contribution in [-0.2, 0) is 0 Å². The zero-order valence-electron chi connectivity index (χ0n) is 9.07. The van der Waals surface area contributed by atoms with Crippen molar-refractivity contribution in [1.82, 2.24) is 15.2 Å². The van der Waals surface area contributed by atoms with Gasteiger partial charge in [-0.15, -0.1) is 0 Å². The molecule has 0 radical (unpaired) electrons. The van der Waals surface area contributed by atoms with E-state index in [1.807, 2.05) is 0 Å². The second-order valence-corrected chi connectivity index (χ2v) is 3.83. The molecule has 3 rings (SSSR count). The number of aromatic amines is 2. The first-order valence-electron chi connectivity index (χ1n) is 5.21. The smallest absolute Gasteiger partial charge is 0.339 e. The van der Waals surface area contributed by atoms with Gasteiger partial charge >= 0.3 is 5.97 Å². The first-order valence-corrected chi connectivity index (χ1v) is 5.21. The SMILES string of the molecule is O=C(O)c1cn[nH]c1-c1c[nH]c2c(F)cccc12. The van der Waals surface area contributed by atoms with E-state index in [0.717, 1.165) is 0 Å². The lowest BCUT2D eigenvalue weighted by Gasteiger charge is -1.98. The number of nitrogens with zero attached hydrogens (tertiary/aromatic N) is 1. The zero-order valence-corrected chi connectivity index (χ0v) is 9.07. The summed E-state index contributed by atoms with van der Waals surface area (Å²) in [5.74, 6) is -1.46. The molecular weight excluding hydrogens is 237 g/mol. The number of aromatic carboxylic acids is 1. The summed E-state index contributed by atoms with van der Waals surface area (Å²) < 4.78 is 13.5. The van der Waals surface area contributed by atoms with Crippen molar-refractivity contribution in [2.45, 2.75) is 0 Å². The predicted molar refractivity (Wildman–Crippen MR) is 62.8 cm³/mol. The number of H-pyrrole nitrogens is 2. The van der Waals surface area contributed by atoms with Gasteiger partial charge in [0, 0.05) is 17.1 Å². The van der Waals surface area contributed by atoms with Gasteiger partial charge in [-0.1, -0.05) is 12.1 Å². The van der Waals surface area contributed by atoms with Gasteiger partial charge in [0.15, 0.2) is 0 Å². The maximum Gasteiger partial charge on any atom is 0.339 e. The van der Waals surface area contributed by atoms with Crippen LogP contribution >= 0.6 is 0 Å². The van der Waals surface area contributed by atoms with Gasteiger partial charge in [0.05, 0.1) is 17.4 Å². The largest absolute Gasteiger partial charge is 0.478 e. The Morgan fingerprint density at radius 1 is 1.39 bits per heavy atom. The lowest BCUT2D eigenvalue weighted by molar-refractivity contribution is 0.0698. The Hall–Kier alpha value is -2.63. The van der Waals surface area contributed by atoms with Crippen LogP contribution in [0.5, 0.6) is 0 Å². The maximum absolute atomic E-state index is 13.5. The van der Waals surface area contributed by atoms with Crippen molar-refractivity contribution in [3.63, 3.8) is 0 Å². The number of aromatic nitrogens is 3. The number of rotatable bonds is 2. The second-order valence-electron chi connectivity index (χ2n) is 3.83. The molecule has 90 valence electrons. The highest BCUT2D eigenvalue weighted by atomic mass is 19.1. The number of carboxylic acids is 1. The van der Waals surface area contributed by atoms with E-state index in [1.165, 1.54) is 12.3 Å². The highest BCUT2D eigenvalue weighted by molar-refractivity contribution is 6.01. The molecule has 0 aliphatic carbocycles. The van der Waals surface area contributed by atoms with Crippen molar-refractivity contribution in [2.75, 3.05) is 0 Å². The van der Waals surface area contributed by atoms with Crippen LogP contribution in [0.4, 0.5) is 4.39 Å². The van der Waals surface area contributed by atoms with Crippen LogP contribution in [-0.4, -0.2) is 26.3 Å². The summed E-state index contributed by atoms with van der Waals surface area (Å²) in [7, 11) is 0. The minimum absolute atomic E-state index is 0.0557. The van der Waals surface area contributed by atoms with Crippen molar-refractivity contribution in [3.8, 4) is 11.3 Å². The number of carbonyl (C=O) groups is 1. The molecule has 0 fully saturated rings. The summed E-state index contributed by atoms with van der Waals surface area (Å²) in [6.07, 6.45) is 2.80. The van der Waals surface area contributed by atoms with Crippen molar-refractivity contribution < 1.29 is 14.3 Å². The van der Waals surface area contributed by atoms with Gasteiger partial charge in [0.2, 0.25) is 0 Å². The number of hydrogen-bond donors (Lipinski definition) is 3. The zero-order chi connectivity index (χ0) is 12.7. The molecule has 5 nitrogen and oxygen atoms in total. The summed E-state index contributed by atoms with van der Waals surface area (Å²) >= 11 is 0. The second kappa shape index (κ2) is 3.69. The monoisotopic (exact) mass is 245 g/mol. The third-order valence-electron chi connectivity index (χ3n) is 2.80. The first kappa shape index (κ1) is 10.5. The van der Waals surface area contributed by atoms with E-state index >= 15 is 0 Å². The predicted octanol–water partition coefficient (Wildman–Crippen LogP) is 2.40. The Kier molecular flexibility index (Phi) is 2.16. The Morgan fingerprint density at radius 3 is 3.00 bits per heavy atom. The quantitative estimate of drug-likeness (QED) is 0.648. The van der Waals surface area contributed by atoms with Crippen molar-refractivity contribution in [1.29, 1.82) is 0 Å². The number of benzene rings is 1. The summed E-state index contributed by atoms with van der Waals surface area (Å²) in [6, 6.07) is 4.64. The number of para-hydroxylation sites is 1. The fraction of sp³-hybridized carbons (Fsp3) is 0. The fourth-order valence-corrected chi connectivity index (χ4v) is 1.98. The van der Waals surface area contributed by atoms with Gasteiger partial charge in [-0.05, 0) is 6.07 Å². The van der Waals surface area contributed by atoms with Crippen LogP contribution in [0, 0.1) is 5.82 Å². The molecule has 0 amide bonds. The van der Waals surface area contributed by atoms with E-state index in [-0.39, 0.29) is 11.4 Å². The normalized spacial score (nSPS) is 10.9. The van der Waals surface area contributed by atoms with E-state index in [1.54, 1.807) is 18.3 Å². The lowest BCUT2D eigenvalue weighted by Crippen LogP contribution is -1.96. The Bertz CT molecular complexity index is 745. The molecular formula is C12H8FN3O2. The van der Waals surface area contributed by atoms with Crippen molar-refractivity contribution in [3.05, 3.63) is 42.0 Å². The van der Waals surface area contributed by atoms with Gasteiger partial charge in [-0.3, -0.25) is 5.10 Å². The molecule has 0 atom stereocenters. The number of carboxylic acid groups (broad SMARTS) is 1. The molecule has 1 aromatic carbocycles. The summed E-state index contributed by atoms with van der Waals surface area (Å²) in [6.45, 7) is 0. The molecule has 0 spiro atoms. The minimum Gasteiger partial charge on any atom is -0.478 e. The molecule has 0 saturated heterocycles. The van der Waals surface area contributed by atoms with Gasteiger partial charge in [-0.25, -0.2) is 9.18 Å². The average Bonchev–Trinajstić information content (AvgIpc) is 2.94. The average molecular weight is 245 g/mol. The topological polar surface area (TPSA) is 81.8 Å². The van der Waals surface area contributed by atoms with E-state index in [2.05, 4.69) is 15.2 Å². The molecule has 6 heteroatoms. The van der Waals surface area contributed by atoms with Crippen LogP contribution in [0.2, 0.25) is 0 Å². The van der Waals surface area contributed by atoms with Gasteiger partial charge in [0.1, 0.15) is 11.4 Å². The van der Waals surface area contributed by atoms with Crippen LogP contribution in [0.15, 0.2) is 30.6 Å². The molecule has 0 aliphatic rings. The third kappa shape index (κ3) is 1.39. The van der Waals surface area contributed by atoms with E-state index in [9.17, 15) is 9.18 Å². The van der Waals surface area contributed by atoms with Crippen molar-refractivity contribution >= 4 is 16.9 Å². The van der Waals surface area contributed by atoms with E-state index in [0.29, 0.717) is 22.2 Å². The molecule has 18 heavy (non-hydrogen) atoms. The minimum atomic E-state index is -1.08. The fourth-order valence-electron chi connectivity index (χ4n) is 1.98. The van der Waals surface area contributed by atoms with Crippen LogP contribution in [0.25, 0.3) is 22.2 Å². The first-order chi connectivity index (χ1) is 8.68. The highest BCUT2D eigenvalue weighted by Crippen LogP contribution is 2.30. The lowest BCUT2D eigenvalue weighted by atomic mass is 10.1. The molecule has 0 unspecified atom stereocenters. The molecule has 3 aromatic rings. The van der Waals surface area contributed by atoms with E-state index in [4.69, 9.17) is 5.11 Å². The molecule has 0 aliphatic heterocycles. The Labute approximate surface area is 100 Å². The number of hydrogen-bond acceptors (Lipinski definition) is 2. The Morgan fingerprint density at radius 2 is 2.22 bits per heavy atom. The molecule has 0 saturated carbocycles. The van der Waals surface area contributed by atoms with Crippen LogP contribution in [0.3, 0.4) is 0 Å². The Balaban J connectivity index is 2.29. The number of nitrogens with one attached hydrogen (secondary N) is 2. The summed E-state index contributed by atoms with van der Waals surface area (Å²) in [5, 5.41) is 16.0. The molecule has 3 N–H and O–H groups in total. The van der Waals surface area contributed by atoms with E-state index < -0.39 is 5.97 Å². The van der Waals surface area contributed by atoms with Crippen molar-refractivity contribution in [2.24, 2.45) is 0 Å². The molecule has 2 aromatic heterocycles. The van der Waals surface area contributed by atoms with Crippen LogP contribution in [0.1, 0.15) is 10.4 Å². The standard InChI is InChI=1S/C12H8FN3O2/c13-9-3-1-2-6-7(4-14-11(6)9)10-8(12(17)18)5-15-16-10/h1-5,14H,(H,15,16)(H,17,18). The van der Waals surface area contributed by atoms with Gasteiger partial charge < -0.3 is 10.1 Å². The third-order valence-corrected chi connectivity index (χ3v) is 2.80. The van der Waals surface area contributed by atoms with Gasteiger partial charge in [0.25, 0.3) is 0 Å². The molecule has 0 bridgehead atoms. The number of halogens is 1. The number of fused-ring (bicyclic) bond motifs is 1. The summed E-state index contributed by atoms with van der Waals surface area (Å²) in [5.41, 5.74) is 1.34.